The van der Waals surface area contributed by atoms with Crippen molar-refractivity contribution in [2.75, 3.05) is 13.6 Å². The van der Waals surface area contributed by atoms with Crippen molar-refractivity contribution in [3.63, 3.8) is 0 Å². The number of benzene rings is 1. The molecular formula is C14H21NO2. The van der Waals surface area contributed by atoms with Crippen molar-refractivity contribution in [3.8, 4) is 0 Å². The number of hydrogen-bond donors (Lipinski definition) is 1. The number of carbonyl (C=O) groups is 1. The van der Waals surface area contributed by atoms with E-state index in [2.05, 4.69) is 25.8 Å². The van der Waals surface area contributed by atoms with Crippen LogP contribution in [0.3, 0.4) is 0 Å². The van der Waals surface area contributed by atoms with Crippen molar-refractivity contribution in [1.82, 2.24) is 4.90 Å². The standard InChI is InChI=1S/C14H21NO2/c1-11(2)8-9-15(3)10-12-4-6-13(7-5-12)14(16)17/h4-7,11H,8-10H2,1-3H3,(H,16,17). The number of carboxylic acids is 1. The van der Waals surface area contributed by atoms with Crippen LogP contribution >= 0.6 is 0 Å². The topological polar surface area (TPSA) is 40.5 Å². The Balaban J connectivity index is 2.48. The fourth-order valence-electron chi connectivity index (χ4n) is 1.62. The Morgan fingerprint density at radius 1 is 1.29 bits per heavy atom. The highest BCUT2D eigenvalue weighted by Gasteiger charge is 2.04. The van der Waals surface area contributed by atoms with Gasteiger partial charge in [-0.15, -0.1) is 0 Å². The van der Waals surface area contributed by atoms with Gasteiger partial charge in [0.1, 0.15) is 0 Å². The minimum absolute atomic E-state index is 0.346. The fraction of sp³-hybridized carbons (Fsp3) is 0.500. The molecule has 0 atom stereocenters. The molecule has 0 fully saturated rings. The zero-order valence-electron chi connectivity index (χ0n) is 10.8. The first-order chi connectivity index (χ1) is 7.99. The zero-order chi connectivity index (χ0) is 12.8. The van der Waals surface area contributed by atoms with Gasteiger partial charge in [0.05, 0.1) is 5.56 Å². The van der Waals surface area contributed by atoms with Crippen LogP contribution in [0.4, 0.5) is 0 Å². The Bertz CT molecular complexity index is 357. The molecule has 0 saturated carbocycles. The highest BCUT2D eigenvalue weighted by Crippen LogP contribution is 2.08. The molecule has 0 amide bonds. The van der Waals surface area contributed by atoms with Crippen molar-refractivity contribution in [2.45, 2.75) is 26.8 Å². The van der Waals surface area contributed by atoms with Gasteiger partial charge in [0.15, 0.2) is 0 Å². The van der Waals surface area contributed by atoms with E-state index in [1.165, 1.54) is 6.42 Å². The molecule has 0 aliphatic rings. The van der Waals surface area contributed by atoms with Gasteiger partial charge >= 0.3 is 5.97 Å². The Kier molecular flexibility index (Phi) is 5.16. The van der Waals surface area contributed by atoms with Crippen molar-refractivity contribution in [2.24, 2.45) is 5.92 Å². The molecule has 0 spiro atoms. The fourth-order valence-corrected chi connectivity index (χ4v) is 1.62. The molecule has 1 N–H and O–H groups in total. The van der Waals surface area contributed by atoms with Gasteiger partial charge in [-0.25, -0.2) is 4.79 Å². The molecule has 0 aliphatic heterocycles. The first kappa shape index (κ1) is 13.7. The van der Waals surface area contributed by atoms with Crippen molar-refractivity contribution in [3.05, 3.63) is 35.4 Å². The van der Waals surface area contributed by atoms with Crippen LogP contribution < -0.4 is 0 Å². The predicted octanol–water partition coefficient (Wildman–Crippen LogP) is 2.86. The summed E-state index contributed by atoms with van der Waals surface area (Å²) in [5.74, 6) is -0.156. The maximum absolute atomic E-state index is 10.7. The number of rotatable bonds is 6. The third kappa shape index (κ3) is 5.00. The van der Waals surface area contributed by atoms with E-state index in [1.54, 1.807) is 12.1 Å². The van der Waals surface area contributed by atoms with Crippen LogP contribution in [-0.2, 0) is 6.54 Å². The van der Waals surface area contributed by atoms with Crippen LogP contribution in [0, 0.1) is 5.92 Å². The van der Waals surface area contributed by atoms with E-state index in [0.717, 1.165) is 18.7 Å². The second kappa shape index (κ2) is 6.40. The lowest BCUT2D eigenvalue weighted by atomic mass is 10.1. The Morgan fingerprint density at radius 3 is 2.35 bits per heavy atom. The van der Waals surface area contributed by atoms with Crippen LogP contribution in [0.2, 0.25) is 0 Å². The lowest BCUT2D eigenvalue weighted by Crippen LogP contribution is -2.20. The Morgan fingerprint density at radius 2 is 1.88 bits per heavy atom. The second-order valence-corrected chi connectivity index (χ2v) is 4.92. The first-order valence-corrected chi connectivity index (χ1v) is 6.00. The van der Waals surface area contributed by atoms with Crippen molar-refractivity contribution in [1.29, 1.82) is 0 Å². The molecule has 0 saturated heterocycles. The van der Waals surface area contributed by atoms with Gasteiger partial charge in [-0.05, 0) is 43.6 Å². The van der Waals surface area contributed by atoms with E-state index in [1.807, 2.05) is 12.1 Å². The largest absolute Gasteiger partial charge is 0.478 e. The summed E-state index contributed by atoms with van der Waals surface area (Å²) in [4.78, 5) is 13.0. The van der Waals surface area contributed by atoms with Gasteiger partial charge in [-0.1, -0.05) is 26.0 Å². The lowest BCUT2D eigenvalue weighted by Gasteiger charge is -2.17. The van der Waals surface area contributed by atoms with Gasteiger partial charge in [0.25, 0.3) is 0 Å². The lowest BCUT2D eigenvalue weighted by molar-refractivity contribution is 0.0697. The third-order valence-corrected chi connectivity index (χ3v) is 2.74. The van der Waals surface area contributed by atoms with Gasteiger partial charge in [0, 0.05) is 6.54 Å². The molecule has 3 nitrogen and oxygen atoms in total. The minimum Gasteiger partial charge on any atom is -0.478 e. The summed E-state index contributed by atoms with van der Waals surface area (Å²) in [7, 11) is 2.09. The molecule has 3 heteroatoms. The van der Waals surface area contributed by atoms with Crippen LogP contribution in [0.15, 0.2) is 24.3 Å². The minimum atomic E-state index is -0.871. The molecule has 0 unspecified atom stereocenters. The van der Waals surface area contributed by atoms with E-state index in [9.17, 15) is 4.79 Å². The zero-order valence-corrected chi connectivity index (χ0v) is 10.8. The average molecular weight is 235 g/mol. The average Bonchev–Trinajstić information content (AvgIpc) is 2.27. The van der Waals surface area contributed by atoms with Crippen LogP contribution in [-0.4, -0.2) is 29.6 Å². The maximum Gasteiger partial charge on any atom is 0.335 e. The molecule has 94 valence electrons. The van der Waals surface area contributed by atoms with Gasteiger partial charge in [-0.3, -0.25) is 0 Å². The predicted molar refractivity (Wildman–Crippen MR) is 69.2 cm³/mol. The van der Waals surface area contributed by atoms with Crippen LogP contribution in [0.25, 0.3) is 0 Å². The Labute approximate surface area is 103 Å². The van der Waals surface area contributed by atoms with Gasteiger partial charge in [-0.2, -0.15) is 0 Å². The van der Waals surface area contributed by atoms with Crippen LogP contribution in [0.5, 0.6) is 0 Å². The summed E-state index contributed by atoms with van der Waals surface area (Å²) in [6, 6.07) is 7.09. The monoisotopic (exact) mass is 235 g/mol. The Hall–Kier alpha value is -1.35. The number of carboxylic acid groups (broad SMARTS) is 1. The normalized spacial score (nSPS) is 11.1. The number of hydrogen-bond acceptors (Lipinski definition) is 2. The molecule has 1 aromatic rings. The first-order valence-electron chi connectivity index (χ1n) is 6.00. The highest BCUT2D eigenvalue weighted by atomic mass is 16.4. The third-order valence-electron chi connectivity index (χ3n) is 2.74. The van der Waals surface area contributed by atoms with Gasteiger partial charge < -0.3 is 10.0 Å². The maximum atomic E-state index is 10.7. The molecule has 17 heavy (non-hydrogen) atoms. The molecule has 0 bridgehead atoms. The van der Waals surface area contributed by atoms with E-state index in [-0.39, 0.29) is 0 Å². The second-order valence-electron chi connectivity index (χ2n) is 4.92. The van der Waals surface area contributed by atoms with Crippen molar-refractivity contribution >= 4 is 5.97 Å². The summed E-state index contributed by atoms with van der Waals surface area (Å²) in [5.41, 5.74) is 1.50. The number of nitrogens with zero attached hydrogens (tertiary/aromatic N) is 1. The molecule has 0 radical (unpaired) electrons. The highest BCUT2D eigenvalue weighted by molar-refractivity contribution is 5.87. The molecule has 0 aliphatic carbocycles. The SMILES string of the molecule is CC(C)CCN(C)Cc1ccc(C(=O)O)cc1. The summed E-state index contributed by atoms with van der Waals surface area (Å²) in [5, 5.41) is 8.79. The number of aromatic carboxylic acids is 1. The molecule has 0 heterocycles. The van der Waals surface area contributed by atoms with E-state index in [4.69, 9.17) is 5.11 Å². The smallest absolute Gasteiger partial charge is 0.335 e. The molecule has 0 aromatic heterocycles. The summed E-state index contributed by atoms with van der Waals surface area (Å²) in [6.45, 7) is 6.37. The van der Waals surface area contributed by atoms with Crippen LogP contribution in [0.1, 0.15) is 36.2 Å². The van der Waals surface area contributed by atoms with Gasteiger partial charge in [0.2, 0.25) is 0 Å². The van der Waals surface area contributed by atoms with E-state index < -0.39 is 5.97 Å². The molecular weight excluding hydrogens is 214 g/mol. The van der Waals surface area contributed by atoms with E-state index in [0.29, 0.717) is 11.5 Å². The summed E-state index contributed by atoms with van der Waals surface area (Å²) >= 11 is 0. The quantitative estimate of drug-likeness (QED) is 0.824. The molecule has 1 aromatic carbocycles. The summed E-state index contributed by atoms with van der Waals surface area (Å²) < 4.78 is 0. The summed E-state index contributed by atoms with van der Waals surface area (Å²) in [6.07, 6.45) is 1.18. The molecule has 1 rings (SSSR count). The van der Waals surface area contributed by atoms with Crippen molar-refractivity contribution < 1.29 is 9.90 Å². The van der Waals surface area contributed by atoms with E-state index >= 15 is 0 Å².